The smallest absolute Gasteiger partial charge is 0.0242 e. The summed E-state index contributed by atoms with van der Waals surface area (Å²) in [5.41, 5.74) is 0. The fourth-order valence-corrected chi connectivity index (χ4v) is 3.94. The largest absolute Gasteiger partial charge is 0.306 e. The molecule has 3 aliphatic rings. The lowest BCUT2D eigenvalue weighted by atomic mass is 10.00. The zero-order chi connectivity index (χ0) is 16.7. The van der Waals surface area contributed by atoms with E-state index >= 15 is 0 Å². The molecule has 22 heavy (non-hydrogen) atoms. The number of rotatable bonds is 2. The normalized spacial score (nSPS) is 30.0. The first kappa shape index (κ1) is 19.9. The van der Waals surface area contributed by atoms with E-state index in [1.165, 1.54) is 52.0 Å². The topological polar surface area (TPSA) is 9.72 Å². The van der Waals surface area contributed by atoms with E-state index in [1.54, 1.807) is 0 Å². The Balaban J connectivity index is 0.000000211. The van der Waals surface area contributed by atoms with Gasteiger partial charge in [-0.15, -0.1) is 0 Å². The molecule has 3 nitrogen and oxygen atoms in total. The summed E-state index contributed by atoms with van der Waals surface area (Å²) in [5, 5.41) is 0. The molecule has 0 aliphatic carbocycles. The molecule has 0 N–H and O–H groups in total. The van der Waals surface area contributed by atoms with Crippen molar-refractivity contribution in [1.82, 2.24) is 14.7 Å². The fourth-order valence-electron chi connectivity index (χ4n) is 3.94. The van der Waals surface area contributed by atoms with Crippen LogP contribution in [0, 0.1) is 5.92 Å². The second-order valence-corrected chi connectivity index (χ2v) is 7.41. The van der Waals surface area contributed by atoms with Gasteiger partial charge in [0.1, 0.15) is 0 Å². The maximum atomic E-state index is 2.66. The van der Waals surface area contributed by atoms with Crippen LogP contribution < -0.4 is 0 Å². The molecular formula is C19H41N3. The molecule has 2 bridgehead atoms. The first-order valence-corrected chi connectivity index (χ1v) is 9.69. The summed E-state index contributed by atoms with van der Waals surface area (Å²) < 4.78 is 0. The highest BCUT2D eigenvalue weighted by Crippen LogP contribution is 2.31. The van der Waals surface area contributed by atoms with E-state index in [0.717, 1.165) is 24.0 Å². The first-order valence-electron chi connectivity index (χ1n) is 9.69. The van der Waals surface area contributed by atoms with Gasteiger partial charge in [-0.3, -0.25) is 9.80 Å². The van der Waals surface area contributed by atoms with Crippen LogP contribution in [0.3, 0.4) is 0 Å². The first-order chi connectivity index (χ1) is 10.5. The predicted octanol–water partition coefficient (Wildman–Crippen LogP) is 3.55. The van der Waals surface area contributed by atoms with Gasteiger partial charge in [-0.05, 0) is 65.7 Å². The van der Waals surface area contributed by atoms with Gasteiger partial charge in [0, 0.05) is 31.2 Å². The molecule has 0 amide bonds. The van der Waals surface area contributed by atoms with Gasteiger partial charge in [-0.25, -0.2) is 0 Å². The van der Waals surface area contributed by atoms with Crippen molar-refractivity contribution in [3.63, 3.8) is 0 Å². The molecule has 2 unspecified atom stereocenters. The Bertz CT molecular complexity index is 274. The van der Waals surface area contributed by atoms with E-state index in [9.17, 15) is 0 Å². The monoisotopic (exact) mass is 311 g/mol. The number of piperidine rings is 1. The number of piperazine rings is 1. The van der Waals surface area contributed by atoms with Crippen molar-refractivity contribution in [1.29, 1.82) is 0 Å². The van der Waals surface area contributed by atoms with Crippen LogP contribution in [0.4, 0.5) is 0 Å². The zero-order valence-electron chi connectivity index (χ0n) is 16.3. The Labute approximate surface area is 140 Å². The van der Waals surface area contributed by atoms with Crippen LogP contribution in [0.1, 0.15) is 60.8 Å². The van der Waals surface area contributed by atoms with Gasteiger partial charge in [0.05, 0.1) is 0 Å². The Morgan fingerprint density at radius 2 is 1.59 bits per heavy atom. The zero-order valence-corrected chi connectivity index (χ0v) is 16.3. The highest BCUT2D eigenvalue weighted by atomic mass is 15.4. The molecule has 0 saturated carbocycles. The average Bonchev–Trinajstić information content (AvgIpc) is 3.13. The number of fused-ring (bicyclic) bond motifs is 2. The Hall–Kier alpha value is -0.120. The molecular weight excluding hydrogens is 270 g/mol. The number of hydrogen-bond acceptors (Lipinski definition) is 3. The maximum Gasteiger partial charge on any atom is 0.0242 e. The maximum absolute atomic E-state index is 2.66. The third-order valence-electron chi connectivity index (χ3n) is 5.47. The molecule has 3 fully saturated rings. The summed E-state index contributed by atoms with van der Waals surface area (Å²) in [7, 11) is 2.20. The lowest BCUT2D eigenvalue weighted by Gasteiger charge is -2.35. The van der Waals surface area contributed by atoms with E-state index in [2.05, 4.69) is 49.4 Å². The minimum Gasteiger partial charge on any atom is -0.306 e. The molecule has 3 heterocycles. The fraction of sp³-hybridized carbons (Fsp3) is 1.00. The molecule has 2 atom stereocenters. The van der Waals surface area contributed by atoms with Crippen LogP contribution in [-0.4, -0.2) is 72.6 Å². The highest BCUT2D eigenvalue weighted by molar-refractivity contribution is 5.00. The number of hydrogen-bond donors (Lipinski definition) is 0. The quantitative estimate of drug-likeness (QED) is 0.772. The van der Waals surface area contributed by atoms with Gasteiger partial charge in [0.2, 0.25) is 0 Å². The van der Waals surface area contributed by atoms with Crippen LogP contribution >= 0.6 is 0 Å². The third kappa shape index (κ3) is 5.50. The summed E-state index contributed by atoms with van der Waals surface area (Å²) in [4.78, 5) is 7.69. The summed E-state index contributed by atoms with van der Waals surface area (Å²) in [5.74, 6) is 0.978. The van der Waals surface area contributed by atoms with E-state index in [0.29, 0.717) is 0 Å². The summed E-state index contributed by atoms with van der Waals surface area (Å²) >= 11 is 0. The number of likely N-dealkylation sites (N-methyl/N-ethyl adjacent to an activating group) is 1. The van der Waals surface area contributed by atoms with E-state index in [1.807, 2.05) is 13.8 Å². The standard InChI is InChI=1S/C10H20N2.C7H15N.C2H6/c1-4-11-6-10-5-9(11)7-12(10)8(2)3;1-7-3-5-8(2)6-4-7;1-2/h8-10H,4-7H2,1-3H3;7H,3-6H2,1-2H3;1-2H3. The molecule has 3 aliphatic heterocycles. The van der Waals surface area contributed by atoms with Crippen molar-refractivity contribution in [2.75, 3.05) is 39.8 Å². The molecule has 132 valence electrons. The van der Waals surface area contributed by atoms with Gasteiger partial charge in [0.15, 0.2) is 0 Å². The van der Waals surface area contributed by atoms with Crippen molar-refractivity contribution in [2.45, 2.75) is 78.9 Å². The van der Waals surface area contributed by atoms with E-state index in [4.69, 9.17) is 0 Å². The SMILES string of the molecule is CC.CC1CCN(C)CC1.CCN1CC2CC1CN2C(C)C. The molecule has 3 heteroatoms. The van der Waals surface area contributed by atoms with Gasteiger partial charge >= 0.3 is 0 Å². The van der Waals surface area contributed by atoms with Crippen LogP contribution in [0.2, 0.25) is 0 Å². The third-order valence-corrected chi connectivity index (χ3v) is 5.47. The minimum atomic E-state index is 0.749. The van der Waals surface area contributed by atoms with E-state index in [-0.39, 0.29) is 0 Å². The molecule has 0 radical (unpaired) electrons. The van der Waals surface area contributed by atoms with Crippen molar-refractivity contribution < 1.29 is 0 Å². The van der Waals surface area contributed by atoms with Gasteiger partial charge in [-0.2, -0.15) is 0 Å². The average molecular weight is 312 g/mol. The van der Waals surface area contributed by atoms with Crippen molar-refractivity contribution in [3.8, 4) is 0 Å². The Kier molecular flexibility index (Phi) is 8.96. The molecule has 0 aromatic rings. The predicted molar refractivity (Wildman–Crippen MR) is 98.5 cm³/mol. The van der Waals surface area contributed by atoms with Crippen LogP contribution in [0.25, 0.3) is 0 Å². The summed E-state index contributed by atoms with van der Waals surface area (Å²) in [6.07, 6.45) is 4.22. The molecule has 3 rings (SSSR count). The lowest BCUT2D eigenvalue weighted by Crippen LogP contribution is -2.48. The molecule has 0 aromatic carbocycles. The van der Waals surface area contributed by atoms with Crippen molar-refractivity contribution >= 4 is 0 Å². The highest BCUT2D eigenvalue weighted by Gasteiger charge is 2.42. The summed E-state index contributed by atoms with van der Waals surface area (Å²) in [6, 6.07) is 2.50. The van der Waals surface area contributed by atoms with Gasteiger partial charge in [0.25, 0.3) is 0 Å². The minimum absolute atomic E-state index is 0.749. The van der Waals surface area contributed by atoms with E-state index < -0.39 is 0 Å². The van der Waals surface area contributed by atoms with Crippen molar-refractivity contribution in [2.24, 2.45) is 5.92 Å². The Morgan fingerprint density at radius 1 is 1.00 bits per heavy atom. The molecule has 0 aromatic heterocycles. The van der Waals surface area contributed by atoms with Crippen LogP contribution in [0.15, 0.2) is 0 Å². The van der Waals surface area contributed by atoms with Crippen LogP contribution in [0.5, 0.6) is 0 Å². The van der Waals surface area contributed by atoms with Gasteiger partial charge < -0.3 is 4.90 Å². The van der Waals surface area contributed by atoms with Crippen molar-refractivity contribution in [3.05, 3.63) is 0 Å². The molecule has 3 saturated heterocycles. The number of nitrogens with zero attached hydrogens (tertiary/aromatic N) is 3. The van der Waals surface area contributed by atoms with Gasteiger partial charge in [-0.1, -0.05) is 27.7 Å². The number of likely N-dealkylation sites (tertiary alicyclic amines) is 3. The summed E-state index contributed by atoms with van der Waals surface area (Å²) in [6.45, 7) is 19.7. The Morgan fingerprint density at radius 3 is 1.95 bits per heavy atom. The van der Waals surface area contributed by atoms with Crippen LogP contribution in [-0.2, 0) is 0 Å². The second kappa shape index (κ2) is 9.89. The second-order valence-electron chi connectivity index (χ2n) is 7.41. The molecule has 0 spiro atoms. The lowest BCUT2D eigenvalue weighted by molar-refractivity contribution is 0.108.